The lowest BCUT2D eigenvalue weighted by Gasteiger charge is -1.95. The third-order valence-corrected chi connectivity index (χ3v) is 4.24. The Balaban J connectivity index is 1.75. The molecule has 0 saturated heterocycles. The van der Waals surface area contributed by atoms with E-state index in [4.69, 9.17) is 11.6 Å². The maximum atomic E-state index is 12.0. The Morgan fingerprint density at radius 1 is 1.09 bits per heavy atom. The molecule has 5 heteroatoms. The number of aromatic nitrogens is 2. The van der Waals surface area contributed by atoms with Gasteiger partial charge in [0.1, 0.15) is 5.01 Å². The molecule has 0 unspecified atom stereocenters. The maximum Gasteiger partial charge on any atom is 0.185 e. The molecule has 3 nitrogen and oxygen atoms in total. The molecule has 22 heavy (non-hydrogen) atoms. The molecule has 0 radical (unpaired) electrons. The van der Waals surface area contributed by atoms with Crippen molar-refractivity contribution < 1.29 is 4.79 Å². The molecule has 2 heterocycles. The average molecular weight is 327 g/mol. The van der Waals surface area contributed by atoms with Crippen LogP contribution in [0.2, 0.25) is 5.02 Å². The van der Waals surface area contributed by atoms with E-state index in [2.05, 4.69) is 9.97 Å². The van der Waals surface area contributed by atoms with Gasteiger partial charge in [0, 0.05) is 39.6 Å². The van der Waals surface area contributed by atoms with Crippen LogP contribution in [0.25, 0.3) is 16.6 Å². The second kappa shape index (κ2) is 6.64. The highest BCUT2D eigenvalue weighted by Gasteiger charge is 2.04. The van der Waals surface area contributed by atoms with Crippen LogP contribution in [0, 0.1) is 0 Å². The van der Waals surface area contributed by atoms with Crippen molar-refractivity contribution in [3.63, 3.8) is 0 Å². The molecule has 2 aromatic heterocycles. The number of carbonyl (C=O) groups excluding carboxylic acids is 1. The molecular weight excluding hydrogens is 316 g/mol. The van der Waals surface area contributed by atoms with Crippen LogP contribution in [0.15, 0.2) is 61.1 Å². The molecule has 3 aromatic rings. The lowest BCUT2D eigenvalue weighted by Crippen LogP contribution is -1.93. The Hall–Kier alpha value is -2.30. The topological polar surface area (TPSA) is 42.9 Å². The first-order chi connectivity index (χ1) is 10.7. The highest BCUT2D eigenvalue weighted by atomic mass is 35.5. The van der Waals surface area contributed by atoms with Gasteiger partial charge in [-0.25, -0.2) is 4.98 Å². The predicted octanol–water partition coefficient (Wildman–Crippen LogP) is 4.75. The lowest BCUT2D eigenvalue weighted by atomic mass is 10.1. The molecule has 0 bridgehead atoms. The summed E-state index contributed by atoms with van der Waals surface area (Å²) in [5.74, 6) is -0.0520. The van der Waals surface area contributed by atoms with Gasteiger partial charge in [-0.3, -0.25) is 9.78 Å². The summed E-state index contributed by atoms with van der Waals surface area (Å²) in [6.45, 7) is 0. The van der Waals surface area contributed by atoms with Crippen LogP contribution in [0.3, 0.4) is 0 Å². The van der Waals surface area contributed by atoms with Gasteiger partial charge in [0.25, 0.3) is 0 Å². The molecule has 0 spiro atoms. The Morgan fingerprint density at radius 2 is 1.82 bits per heavy atom. The SMILES string of the molecule is O=C(/C=C/c1cnc(-c2ccc(Cl)cc2)s1)c1ccncc1. The Bertz CT molecular complexity index is 810. The van der Waals surface area contributed by atoms with Gasteiger partial charge in [-0.2, -0.15) is 0 Å². The number of allylic oxidation sites excluding steroid dienone is 1. The molecule has 0 amide bonds. The van der Waals surface area contributed by atoms with Crippen molar-refractivity contribution in [1.29, 1.82) is 0 Å². The third kappa shape index (κ3) is 3.47. The van der Waals surface area contributed by atoms with E-state index in [1.54, 1.807) is 42.9 Å². The van der Waals surface area contributed by atoms with Gasteiger partial charge in [-0.05, 0) is 36.4 Å². The van der Waals surface area contributed by atoms with Gasteiger partial charge >= 0.3 is 0 Å². The maximum absolute atomic E-state index is 12.0. The van der Waals surface area contributed by atoms with Crippen LogP contribution in [-0.2, 0) is 0 Å². The number of hydrogen-bond donors (Lipinski definition) is 0. The third-order valence-electron chi connectivity index (χ3n) is 2.98. The zero-order valence-electron chi connectivity index (χ0n) is 11.4. The van der Waals surface area contributed by atoms with Crippen LogP contribution in [0.4, 0.5) is 0 Å². The van der Waals surface area contributed by atoms with E-state index in [-0.39, 0.29) is 5.78 Å². The molecule has 3 rings (SSSR count). The van der Waals surface area contributed by atoms with Crippen molar-refractivity contribution >= 4 is 34.8 Å². The highest BCUT2D eigenvalue weighted by molar-refractivity contribution is 7.15. The number of pyridine rings is 1. The normalized spacial score (nSPS) is 11.0. The molecule has 0 aliphatic rings. The van der Waals surface area contributed by atoms with Crippen LogP contribution < -0.4 is 0 Å². The van der Waals surface area contributed by atoms with Crippen molar-refractivity contribution in [2.75, 3.05) is 0 Å². The van der Waals surface area contributed by atoms with E-state index >= 15 is 0 Å². The van der Waals surface area contributed by atoms with Crippen molar-refractivity contribution in [3.05, 3.63) is 76.5 Å². The van der Waals surface area contributed by atoms with Gasteiger partial charge in [-0.1, -0.05) is 23.7 Å². The molecule has 0 N–H and O–H groups in total. The summed E-state index contributed by atoms with van der Waals surface area (Å²) >= 11 is 7.40. The summed E-state index contributed by atoms with van der Waals surface area (Å²) < 4.78 is 0. The van der Waals surface area contributed by atoms with Gasteiger partial charge in [0.05, 0.1) is 0 Å². The Labute approximate surface area is 136 Å². The van der Waals surface area contributed by atoms with Crippen LogP contribution in [-0.4, -0.2) is 15.8 Å². The molecule has 108 valence electrons. The molecular formula is C17H11ClN2OS. The first kappa shape index (κ1) is 14.6. The minimum absolute atomic E-state index is 0.0520. The molecule has 0 aliphatic heterocycles. The Morgan fingerprint density at radius 3 is 2.55 bits per heavy atom. The summed E-state index contributed by atoms with van der Waals surface area (Å²) in [5.41, 5.74) is 1.63. The van der Waals surface area contributed by atoms with E-state index in [0.29, 0.717) is 10.6 Å². The van der Waals surface area contributed by atoms with E-state index in [1.165, 1.54) is 11.3 Å². The van der Waals surface area contributed by atoms with Gasteiger partial charge in [0.2, 0.25) is 0 Å². The van der Waals surface area contributed by atoms with Crippen LogP contribution in [0.1, 0.15) is 15.2 Å². The number of ketones is 1. The highest BCUT2D eigenvalue weighted by Crippen LogP contribution is 2.27. The predicted molar refractivity (Wildman–Crippen MR) is 90.2 cm³/mol. The minimum Gasteiger partial charge on any atom is -0.289 e. The smallest absolute Gasteiger partial charge is 0.185 e. The monoisotopic (exact) mass is 326 g/mol. The van der Waals surface area contributed by atoms with E-state index in [0.717, 1.165) is 15.4 Å². The summed E-state index contributed by atoms with van der Waals surface area (Å²) in [4.78, 5) is 21.2. The fourth-order valence-electron chi connectivity index (χ4n) is 1.86. The first-order valence-electron chi connectivity index (χ1n) is 6.56. The zero-order chi connectivity index (χ0) is 15.4. The van der Waals surface area contributed by atoms with E-state index in [9.17, 15) is 4.79 Å². The number of nitrogens with zero attached hydrogens (tertiary/aromatic N) is 2. The largest absolute Gasteiger partial charge is 0.289 e. The first-order valence-corrected chi connectivity index (χ1v) is 7.76. The van der Waals surface area contributed by atoms with Crippen molar-refractivity contribution in [1.82, 2.24) is 9.97 Å². The van der Waals surface area contributed by atoms with Crippen molar-refractivity contribution in [2.24, 2.45) is 0 Å². The second-order valence-electron chi connectivity index (χ2n) is 4.51. The summed E-state index contributed by atoms with van der Waals surface area (Å²) in [5, 5.41) is 1.59. The van der Waals surface area contributed by atoms with Crippen molar-refractivity contribution in [2.45, 2.75) is 0 Å². The van der Waals surface area contributed by atoms with Crippen molar-refractivity contribution in [3.8, 4) is 10.6 Å². The van der Waals surface area contributed by atoms with E-state index in [1.807, 2.05) is 24.3 Å². The molecule has 0 fully saturated rings. The Kier molecular flexibility index (Phi) is 4.42. The second-order valence-corrected chi connectivity index (χ2v) is 6.01. The fraction of sp³-hybridized carbons (Fsp3) is 0. The number of halogens is 1. The van der Waals surface area contributed by atoms with Crippen LogP contribution >= 0.6 is 22.9 Å². The number of rotatable bonds is 4. The van der Waals surface area contributed by atoms with Gasteiger partial charge < -0.3 is 0 Å². The zero-order valence-corrected chi connectivity index (χ0v) is 13.0. The van der Waals surface area contributed by atoms with E-state index < -0.39 is 0 Å². The molecule has 0 atom stereocenters. The molecule has 0 saturated carbocycles. The molecule has 0 aliphatic carbocycles. The minimum atomic E-state index is -0.0520. The summed E-state index contributed by atoms with van der Waals surface area (Å²) in [6, 6.07) is 10.9. The van der Waals surface area contributed by atoms with Gasteiger partial charge in [0.15, 0.2) is 5.78 Å². The quantitative estimate of drug-likeness (QED) is 0.513. The summed E-state index contributed by atoms with van der Waals surface area (Å²) in [7, 11) is 0. The number of thiazole rings is 1. The van der Waals surface area contributed by atoms with Crippen LogP contribution in [0.5, 0.6) is 0 Å². The fourth-order valence-corrected chi connectivity index (χ4v) is 2.81. The van der Waals surface area contributed by atoms with Gasteiger partial charge in [-0.15, -0.1) is 11.3 Å². The summed E-state index contributed by atoms with van der Waals surface area (Å²) in [6.07, 6.45) is 8.29. The standard InChI is InChI=1S/C17H11ClN2OS/c18-14-3-1-13(2-4-14)17-20-11-15(22-17)5-6-16(21)12-7-9-19-10-8-12/h1-11H/b6-5+. The molecule has 1 aromatic carbocycles. The number of benzene rings is 1. The number of carbonyl (C=O) groups is 1. The lowest BCUT2D eigenvalue weighted by molar-refractivity contribution is 0.104. The number of hydrogen-bond acceptors (Lipinski definition) is 4. The average Bonchev–Trinajstić information content (AvgIpc) is 3.03.